The second-order valence-corrected chi connectivity index (χ2v) is 6.92. The molecule has 0 rings (SSSR count). The molecule has 0 spiro atoms. The molecule has 0 bridgehead atoms. The van der Waals surface area contributed by atoms with E-state index < -0.39 is 7.82 Å². The third-order valence-corrected chi connectivity index (χ3v) is 5.11. The molecule has 0 saturated carbocycles. The highest BCUT2D eigenvalue weighted by molar-refractivity contribution is 7.44. The van der Waals surface area contributed by atoms with Gasteiger partial charge in [-0.25, -0.2) is 4.79 Å². The molecule has 2 unspecified atom stereocenters. The first-order chi connectivity index (χ1) is 11.2. The van der Waals surface area contributed by atoms with Crippen LogP contribution in [0.15, 0.2) is 12.2 Å². The molecule has 0 aromatic heterocycles. The quantitative estimate of drug-likeness (QED) is 0.176. The molecule has 1 N–H and O–H groups in total. The summed E-state index contributed by atoms with van der Waals surface area (Å²) in [6.45, 7) is 11.1. The molecule has 0 aromatic rings. The number of allylic oxidation sites excluding steroid dienone is 1. The van der Waals surface area contributed by atoms with Gasteiger partial charge in [-0.1, -0.05) is 6.08 Å². The zero-order valence-electron chi connectivity index (χ0n) is 15.3. The maximum atomic E-state index is 11.3. The summed E-state index contributed by atoms with van der Waals surface area (Å²) in [5.41, 5.74) is 0. The van der Waals surface area contributed by atoms with Crippen LogP contribution in [0.3, 0.4) is 0 Å². The standard InChI is InChI=1S/C16H32NO6P/c1-5-10-16(18)22-13-9-11-15(12-14-23-24(19,20)21)17(6-2,7-3)8-4/h5,10,15H,6-9,11-14H2,1-4H3,(H-,19,20,21). The van der Waals surface area contributed by atoms with Gasteiger partial charge in [0.15, 0.2) is 0 Å². The highest BCUT2D eigenvalue weighted by Crippen LogP contribution is 2.31. The van der Waals surface area contributed by atoms with Crippen LogP contribution < -0.4 is 4.89 Å². The van der Waals surface area contributed by atoms with Crippen molar-refractivity contribution in [2.45, 2.75) is 53.0 Å². The van der Waals surface area contributed by atoms with E-state index in [-0.39, 0.29) is 18.6 Å². The van der Waals surface area contributed by atoms with Crippen molar-refractivity contribution in [3.8, 4) is 0 Å². The Hall–Kier alpha value is -0.720. The summed E-state index contributed by atoms with van der Waals surface area (Å²) in [4.78, 5) is 30.8. The summed E-state index contributed by atoms with van der Waals surface area (Å²) in [5, 5.41) is 0. The van der Waals surface area contributed by atoms with Crippen LogP contribution in [0.2, 0.25) is 0 Å². The van der Waals surface area contributed by atoms with E-state index in [1.165, 1.54) is 6.08 Å². The zero-order valence-corrected chi connectivity index (χ0v) is 16.2. The maximum absolute atomic E-state index is 11.3. The van der Waals surface area contributed by atoms with Crippen LogP contribution in [-0.4, -0.2) is 54.2 Å². The van der Waals surface area contributed by atoms with Gasteiger partial charge in [0, 0.05) is 18.9 Å². The number of rotatable bonds is 13. The first-order valence-electron chi connectivity index (χ1n) is 8.58. The first-order valence-corrected chi connectivity index (χ1v) is 10.1. The van der Waals surface area contributed by atoms with Gasteiger partial charge in [-0.2, -0.15) is 0 Å². The van der Waals surface area contributed by atoms with Gasteiger partial charge in [0.2, 0.25) is 0 Å². The van der Waals surface area contributed by atoms with Gasteiger partial charge < -0.3 is 23.5 Å². The van der Waals surface area contributed by atoms with E-state index in [9.17, 15) is 14.3 Å². The average molecular weight is 365 g/mol. The van der Waals surface area contributed by atoms with Crippen molar-refractivity contribution < 1.29 is 32.9 Å². The fourth-order valence-electron chi connectivity index (χ4n) is 3.12. The molecule has 0 radical (unpaired) electrons. The highest BCUT2D eigenvalue weighted by Gasteiger charge is 2.32. The molecule has 142 valence electrons. The lowest BCUT2D eigenvalue weighted by Gasteiger charge is -2.43. The van der Waals surface area contributed by atoms with Crippen LogP contribution in [0, 0.1) is 0 Å². The lowest BCUT2D eigenvalue weighted by atomic mass is 10.0. The van der Waals surface area contributed by atoms with Gasteiger partial charge in [-0.15, -0.1) is 0 Å². The number of quaternary nitrogens is 1. The summed E-state index contributed by atoms with van der Waals surface area (Å²) >= 11 is 0. The Bertz CT molecular complexity index is 422. The summed E-state index contributed by atoms with van der Waals surface area (Å²) in [6, 6.07) is 0.178. The number of phosphoric ester groups is 1. The second-order valence-electron chi connectivity index (χ2n) is 5.72. The zero-order chi connectivity index (χ0) is 18.6. The van der Waals surface area contributed by atoms with E-state index in [1.807, 2.05) is 0 Å². The minimum absolute atomic E-state index is 0.0414. The van der Waals surface area contributed by atoms with Crippen molar-refractivity contribution in [3.05, 3.63) is 12.2 Å². The maximum Gasteiger partial charge on any atom is 0.330 e. The first kappa shape index (κ1) is 23.3. The number of carbonyl (C=O) groups is 1. The van der Waals surface area contributed by atoms with Crippen LogP contribution >= 0.6 is 7.82 Å². The molecule has 0 amide bonds. The smallest absolute Gasteiger partial charge is 0.330 e. The summed E-state index contributed by atoms with van der Waals surface area (Å²) in [5.74, 6) is -0.354. The minimum Gasteiger partial charge on any atom is -0.756 e. The molecule has 2 atom stereocenters. The number of ether oxygens (including phenoxy) is 1. The van der Waals surface area contributed by atoms with Gasteiger partial charge in [-0.3, -0.25) is 4.57 Å². The molecule has 24 heavy (non-hydrogen) atoms. The van der Waals surface area contributed by atoms with E-state index in [0.717, 1.165) is 30.5 Å². The molecule has 0 heterocycles. The fraction of sp³-hybridized carbons (Fsp3) is 0.812. The Balaban J connectivity index is 4.68. The predicted octanol–water partition coefficient (Wildman–Crippen LogP) is 2.00. The second kappa shape index (κ2) is 11.8. The number of hydrogen-bond donors (Lipinski definition) is 1. The summed E-state index contributed by atoms with van der Waals surface area (Å²) in [7, 11) is -4.69. The van der Waals surface area contributed by atoms with E-state index in [4.69, 9.17) is 9.63 Å². The molecule has 7 nitrogen and oxygen atoms in total. The van der Waals surface area contributed by atoms with Gasteiger partial charge in [0.25, 0.3) is 7.82 Å². The van der Waals surface area contributed by atoms with E-state index in [0.29, 0.717) is 19.4 Å². The van der Waals surface area contributed by atoms with Crippen molar-refractivity contribution >= 4 is 13.8 Å². The topological polar surface area (TPSA) is 95.9 Å². The number of hydrogen-bond acceptors (Lipinski definition) is 5. The third-order valence-electron chi connectivity index (χ3n) is 4.60. The molecule has 8 heteroatoms. The van der Waals surface area contributed by atoms with Crippen molar-refractivity contribution in [1.82, 2.24) is 0 Å². The summed E-state index contributed by atoms with van der Waals surface area (Å²) in [6.07, 6.45) is 5.01. The largest absolute Gasteiger partial charge is 0.756 e. The molecular formula is C16H32NO6P. The Labute approximate surface area is 145 Å². The van der Waals surface area contributed by atoms with Crippen LogP contribution in [0.5, 0.6) is 0 Å². The van der Waals surface area contributed by atoms with E-state index >= 15 is 0 Å². The van der Waals surface area contributed by atoms with Gasteiger partial charge in [0.1, 0.15) is 0 Å². The molecule has 0 aromatic carbocycles. The van der Waals surface area contributed by atoms with Crippen LogP contribution in [-0.2, 0) is 18.6 Å². The fourth-order valence-corrected chi connectivity index (χ4v) is 3.45. The Morgan fingerprint density at radius 3 is 2.25 bits per heavy atom. The Morgan fingerprint density at radius 2 is 1.79 bits per heavy atom. The Kier molecular flexibility index (Phi) is 11.4. The van der Waals surface area contributed by atoms with Gasteiger partial charge in [-0.05, 0) is 34.1 Å². The van der Waals surface area contributed by atoms with Gasteiger partial charge in [0.05, 0.1) is 38.9 Å². The average Bonchev–Trinajstić information content (AvgIpc) is 2.52. The van der Waals surface area contributed by atoms with Crippen LogP contribution in [0.4, 0.5) is 0 Å². The molecule has 0 aliphatic rings. The van der Waals surface area contributed by atoms with Crippen LogP contribution in [0.1, 0.15) is 47.0 Å². The lowest BCUT2D eigenvalue weighted by molar-refractivity contribution is -0.947. The third kappa shape index (κ3) is 8.94. The molecule has 0 aliphatic carbocycles. The normalized spacial score (nSPS) is 16.1. The minimum atomic E-state index is -4.69. The van der Waals surface area contributed by atoms with Crippen molar-refractivity contribution in [3.63, 3.8) is 0 Å². The van der Waals surface area contributed by atoms with E-state index in [2.05, 4.69) is 25.3 Å². The molecule has 0 saturated heterocycles. The van der Waals surface area contributed by atoms with Gasteiger partial charge >= 0.3 is 5.97 Å². The van der Waals surface area contributed by atoms with Crippen molar-refractivity contribution in [1.29, 1.82) is 0 Å². The van der Waals surface area contributed by atoms with Crippen molar-refractivity contribution in [2.75, 3.05) is 32.8 Å². The monoisotopic (exact) mass is 365 g/mol. The molecular weight excluding hydrogens is 333 g/mol. The number of phosphoric acid groups is 1. The van der Waals surface area contributed by atoms with E-state index in [1.54, 1.807) is 13.0 Å². The number of esters is 1. The Morgan fingerprint density at radius 1 is 1.21 bits per heavy atom. The predicted molar refractivity (Wildman–Crippen MR) is 91.1 cm³/mol. The molecule has 0 fully saturated rings. The van der Waals surface area contributed by atoms with Crippen LogP contribution in [0.25, 0.3) is 0 Å². The van der Waals surface area contributed by atoms with Crippen molar-refractivity contribution in [2.24, 2.45) is 0 Å². The molecule has 0 aliphatic heterocycles. The number of nitrogens with zero attached hydrogens (tertiary/aromatic N) is 1. The summed E-state index contributed by atoms with van der Waals surface area (Å²) < 4.78 is 21.2. The SMILES string of the molecule is CC=CC(=O)OCCCC(CCOP(=O)([O-])O)[N+](CC)(CC)CC. The highest BCUT2D eigenvalue weighted by atomic mass is 31.2. The lowest BCUT2D eigenvalue weighted by Crippen LogP contribution is -2.55. The number of carbonyl (C=O) groups excluding carboxylic acids is 1.